The fraction of sp³-hybridized carbons (Fsp3) is 0.211. The van der Waals surface area contributed by atoms with Gasteiger partial charge in [0.15, 0.2) is 0 Å². The van der Waals surface area contributed by atoms with Crippen LogP contribution in [0.25, 0.3) is 0 Å². The van der Waals surface area contributed by atoms with Crippen LogP contribution in [0.5, 0.6) is 0 Å². The molecule has 4 rings (SSSR count). The second kappa shape index (κ2) is 5.02. The quantitative estimate of drug-likeness (QED) is 0.848. The number of fused-ring (bicyclic) bond motifs is 1. The number of hydrogen-bond acceptors (Lipinski definition) is 3. The van der Waals surface area contributed by atoms with E-state index in [2.05, 4.69) is 42.6 Å². The van der Waals surface area contributed by atoms with Gasteiger partial charge in [-0.1, -0.05) is 30.4 Å². The van der Waals surface area contributed by atoms with E-state index in [0.29, 0.717) is 0 Å². The minimum Gasteiger partial charge on any atom is -0.467 e. The highest BCUT2D eigenvalue weighted by Crippen LogP contribution is 2.39. The van der Waals surface area contributed by atoms with Gasteiger partial charge in [0.2, 0.25) is 0 Å². The van der Waals surface area contributed by atoms with Crippen LogP contribution >= 0.6 is 0 Å². The zero-order valence-electron chi connectivity index (χ0n) is 12.5. The monoisotopic (exact) mass is 290 g/mol. The zero-order valence-corrected chi connectivity index (χ0v) is 12.5. The molecule has 1 N–H and O–H groups in total. The smallest absolute Gasteiger partial charge is 0.129 e. The molecule has 0 fully saturated rings. The fourth-order valence-corrected chi connectivity index (χ4v) is 3.13. The van der Waals surface area contributed by atoms with Gasteiger partial charge in [-0.3, -0.25) is 4.99 Å². The summed E-state index contributed by atoms with van der Waals surface area (Å²) in [5, 5.41) is 3.64. The molecule has 0 radical (unpaired) electrons. The SMILES string of the molecule is C[C@@]1(c2ccco2)CC(C2=CC=CC2)=Nc2ccccc2N1. The van der Waals surface area contributed by atoms with Crippen molar-refractivity contribution in [3.05, 3.63) is 72.2 Å². The standard InChI is InChI=1S/C19H18N2O/c1-19(18-11-6-12-22-18)13-17(14-7-2-3-8-14)20-15-9-4-5-10-16(15)21-19/h2-7,9-12,21H,8,13H2,1H3/t19-/m0/s1. The molecule has 0 amide bonds. The summed E-state index contributed by atoms with van der Waals surface area (Å²) < 4.78 is 5.70. The van der Waals surface area contributed by atoms with E-state index in [1.807, 2.05) is 24.3 Å². The number of hydrogen-bond donors (Lipinski definition) is 1. The lowest BCUT2D eigenvalue weighted by atomic mass is 9.89. The third kappa shape index (κ3) is 2.19. The third-order valence-electron chi connectivity index (χ3n) is 4.30. The van der Waals surface area contributed by atoms with Crippen LogP contribution in [0.1, 0.15) is 25.5 Å². The predicted octanol–water partition coefficient (Wildman–Crippen LogP) is 4.97. The van der Waals surface area contributed by atoms with Gasteiger partial charge in [-0.2, -0.15) is 0 Å². The number of rotatable bonds is 2. The summed E-state index contributed by atoms with van der Waals surface area (Å²) >= 11 is 0. The molecule has 0 bridgehead atoms. The molecular weight excluding hydrogens is 272 g/mol. The number of furan rings is 1. The molecule has 22 heavy (non-hydrogen) atoms. The van der Waals surface area contributed by atoms with E-state index in [9.17, 15) is 0 Å². The number of para-hydroxylation sites is 2. The summed E-state index contributed by atoms with van der Waals surface area (Å²) in [6, 6.07) is 12.2. The van der Waals surface area contributed by atoms with Crippen LogP contribution < -0.4 is 5.32 Å². The maximum Gasteiger partial charge on any atom is 0.129 e. The van der Waals surface area contributed by atoms with Crippen molar-refractivity contribution >= 4 is 17.1 Å². The molecule has 2 aromatic rings. The molecule has 0 saturated heterocycles. The van der Waals surface area contributed by atoms with Crippen LogP contribution in [0.15, 0.2) is 75.9 Å². The molecule has 0 spiro atoms. The summed E-state index contributed by atoms with van der Waals surface area (Å²) in [6.45, 7) is 2.17. The molecule has 2 heterocycles. The van der Waals surface area contributed by atoms with Gasteiger partial charge >= 0.3 is 0 Å². The van der Waals surface area contributed by atoms with Crippen molar-refractivity contribution in [2.75, 3.05) is 5.32 Å². The van der Waals surface area contributed by atoms with E-state index in [0.717, 1.165) is 35.7 Å². The molecule has 1 aliphatic heterocycles. The lowest BCUT2D eigenvalue weighted by Gasteiger charge is -2.29. The average Bonchev–Trinajstić information content (AvgIpc) is 3.20. The first-order valence-electron chi connectivity index (χ1n) is 7.59. The lowest BCUT2D eigenvalue weighted by molar-refractivity contribution is 0.404. The number of aliphatic imine (C=N–C) groups is 1. The summed E-state index contributed by atoms with van der Waals surface area (Å²) in [7, 11) is 0. The molecule has 0 unspecified atom stereocenters. The normalized spacial score (nSPS) is 23.3. The van der Waals surface area contributed by atoms with Crippen LogP contribution in [0, 0.1) is 0 Å². The van der Waals surface area contributed by atoms with E-state index < -0.39 is 0 Å². The lowest BCUT2D eigenvalue weighted by Crippen LogP contribution is -2.33. The first kappa shape index (κ1) is 13.1. The summed E-state index contributed by atoms with van der Waals surface area (Å²) in [6.07, 6.45) is 9.91. The number of anilines is 1. The second-order valence-electron chi connectivity index (χ2n) is 6.01. The molecule has 0 saturated carbocycles. The largest absolute Gasteiger partial charge is 0.467 e. The van der Waals surface area contributed by atoms with Crippen LogP contribution in [-0.2, 0) is 5.54 Å². The van der Waals surface area contributed by atoms with Crippen molar-refractivity contribution in [1.82, 2.24) is 0 Å². The Balaban J connectivity index is 1.84. The number of benzene rings is 1. The Kier molecular flexibility index (Phi) is 3.00. The third-order valence-corrected chi connectivity index (χ3v) is 4.30. The van der Waals surface area contributed by atoms with Gasteiger partial charge in [0.05, 0.1) is 23.2 Å². The summed E-state index contributed by atoms with van der Waals surface area (Å²) in [5.74, 6) is 0.934. The highest BCUT2D eigenvalue weighted by atomic mass is 16.3. The fourth-order valence-electron chi connectivity index (χ4n) is 3.13. The number of nitrogens with one attached hydrogen (secondary N) is 1. The van der Waals surface area contributed by atoms with E-state index >= 15 is 0 Å². The first-order chi connectivity index (χ1) is 10.7. The maximum atomic E-state index is 5.70. The highest BCUT2D eigenvalue weighted by molar-refractivity contribution is 6.05. The molecule has 110 valence electrons. The molecule has 1 aromatic heterocycles. The molecule has 3 nitrogen and oxygen atoms in total. The topological polar surface area (TPSA) is 37.5 Å². The molecule has 1 aromatic carbocycles. The Hall–Kier alpha value is -2.55. The van der Waals surface area contributed by atoms with Crippen molar-refractivity contribution in [2.24, 2.45) is 4.99 Å². The predicted molar refractivity (Wildman–Crippen MR) is 89.7 cm³/mol. The summed E-state index contributed by atoms with van der Waals surface area (Å²) in [4.78, 5) is 4.93. The van der Waals surface area contributed by atoms with Crippen molar-refractivity contribution in [3.8, 4) is 0 Å². The molecule has 1 atom stereocenters. The van der Waals surface area contributed by atoms with Crippen LogP contribution in [0.4, 0.5) is 11.4 Å². The first-order valence-corrected chi connectivity index (χ1v) is 7.59. The number of nitrogens with zero attached hydrogens (tertiary/aromatic N) is 1. The summed E-state index contributed by atoms with van der Waals surface area (Å²) in [5.41, 5.74) is 4.14. The van der Waals surface area contributed by atoms with Crippen molar-refractivity contribution in [2.45, 2.75) is 25.3 Å². The Morgan fingerprint density at radius 2 is 2.09 bits per heavy atom. The molecule has 1 aliphatic carbocycles. The average molecular weight is 290 g/mol. The minimum atomic E-state index is -0.307. The van der Waals surface area contributed by atoms with Crippen molar-refractivity contribution in [1.29, 1.82) is 0 Å². The Labute approximate surface area is 130 Å². The van der Waals surface area contributed by atoms with Crippen LogP contribution in [-0.4, -0.2) is 5.71 Å². The van der Waals surface area contributed by atoms with E-state index in [4.69, 9.17) is 9.41 Å². The molecule has 2 aliphatic rings. The molecule has 3 heteroatoms. The molecular formula is C19H18N2O. The number of allylic oxidation sites excluding steroid dienone is 4. The van der Waals surface area contributed by atoms with E-state index in [1.165, 1.54) is 5.57 Å². The minimum absolute atomic E-state index is 0.307. The Morgan fingerprint density at radius 3 is 2.86 bits per heavy atom. The Bertz CT molecular complexity index is 784. The van der Waals surface area contributed by atoms with Crippen LogP contribution in [0.3, 0.4) is 0 Å². The van der Waals surface area contributed by atoms with Gasteiger partial charge in [-0.25, -0.2) is 0 Å². The van der Waals surface area contributed by atoms with Crippen molar-refractivity contribution in [3.63, 3.8) is 0 Å². The van der Waals surface area contributed by atoms with Gasteiger partial charge in [-0.05, 0) is 43.2 Å². The highest BCUT2D eigenvalue weighted by Gasteiger charge is 2.34. The van der Waals surface area contributed by atoms with Gasteiger partial charge in [-0.15, -0.1) is 0 Å². The maximum absolute atomic E-state index is 5.70. The van der Waals surface area contributed by atoms with E-state index in [-0.39, 0.29) is 5.54 Å². The van der Waals surface area contributed by atoms with Gasteiger partial charge in [0, 0.05) is 12.1 Å². The van der Waals surface area contributed by atoms with Gasteiger partial charge in [0.1, 0.15) is 5.76 Å². The van der Waals surface area contributed by atoms with Crippen LogP contribution in [0.2, 0.25) is 0 Å². The van der Waals surface area contributed by atoms with Gasteiger partial charge in [0.25, 0.3) is 0 Å². The second-order valence-corrected chi connectivity index (χ2v) is 6.01. The van der Waals surface area contributed by atoms with Crippen molar-refractivity contribution < 1.29 is 4.42 Å². The van der Waals surface area contributed by atoms with E-state index in [1.54, 1.807) is 6.26 Å². The zero-order chi connectivity index (χ0) is 15.0. The Morgan fingerprint density at radius 1 is 1.18 bits per heavy atom. The van der Waals surface area contributed by atoms with Gasteiger partial charge < -0.3 is 9.73 Å².